The predicted molar refractivity (Wildman–Crippen MR) is 89.5 cm³/mol. The molecule has 138 valence electrons. The van der Waals surface area contributed by atoms with Gasteiger partial charge in [0, 0.05) is 32.1 Å². The van der Waals surface area contributed by atoms with E-state index in [0.29, 0.717) is 30.9 Å². The Morgan fingerprint density at radius 3 is 2.84 bits per heavy atom. The van der Waals surface area contributed by atoms with Crippen LogP contribution in [0.4, 0.5) is 0 Å². The summed E-state index contributed by atoms with van der Waals surface area (Å²) in [7, 11) is -3.02. The smallest absolute Gasteiger partial charge is 0.471 e. The molecule has 0 bridgehead atoms. The Morgan fingerprint density at radius 1 is 1.36 bits per heavy atom. The van der Waals surface area contributed by atoms with Gasteiger partial charge in [-0.25, -0.2) is 4.57 Å². The van der Waals surface area contributed by atoms with Crippen LogP contribution in [0.1, 0.15) is 29.6 Å². The first kappa shape index (κ1) is 19.6. The number of Topliss-reactive ketones (excluding diaryl/α,β-unsaturated/α-hetero) is 1. The van der Waals surface area contributed by atoms with Gasteiger partial charge in [-0.2, -0.15) is 0 Å². The van der Waals surface area contributed by atoms with E-state index < -0.39 is 7.82 Å². The maximum atomic E-state index is 12.1. The number of amides is 1. The van der Waals surface area contributed by atoms with Crippen LogP contribution in [-0.2, 0) is 18.4 Å². The normalized spacial score (nSPS) is 16.7. The van der Waals surface area contributed by atoms with Gasteiger partial charge < -0.3 is 14.5 Å². The molecule has 25 heavy (non-hydrogen) atoms. The lowest BCUT2D eigenvalue weighted by Gasteiger charge is -2.16. The standard InChI is InChI=1S/C16H22NO7P/c1-22-25(20,21)24-10-7-15(18)13-4-2-5-14(12-13)23-11-9-17-8-3-6-16(17)19/h2,4-5,12H,3,6-11H2,1H3,(H,20,21). The average Bonchev–Trinajstić information content (AvgIpc) is 3.00. The van der Waals surface area contributed by atoms with Crippen molar-refractivity contribution in [3.05, 3.63) is 29.8 Å². The zero-order valence-corrected chi connectivity index (χ0v) is 14.9. The molecule has 8 nitrogen and oxygen atoms in total. The second-order valence-corrected chi connectivity index (χ2v) is 7.08. The van der Waals surface area contributed by atoms with Crippen LogP contribution in [0.3, 0.4) is 0 Å². The van der Waals surface area contributed by atoms with Gasteiger partial charge in [0.2, 0.25) is 5.91 Å². The first-order valence-electron chi connectivity index (χ1n) is 7.98. The number of rotatable bonds is 10. The second kappa shape index (κ2) is 9.10. The highest BCUT2D eigenvalue weighted by Gasteiger charge is 2.20. The molecule has 2 rings (SSSR count). The third kappa shape index (κ3) is 6.25. The summed E-state index contributed by atoms with van der Waals surface area (Å²) < 4.78 is 25.7. The highest BCUT2D eigenvalue weighted by Crippen LogP contribution is 2.41. The Labute approximate surface area is 146 Å². The number of ketones is 1. The Bertz CT molecular complexity index is 664. The van der Waals surface area contributed by atoms with Crippen LogP contribution in [0.5, 0.6) is 5.75 Å². The number of benzene rings is 1. The van der Waals surface area contributed by atoms with E-state index in [1.165, 1.54) is 0 Å². The molecule has 1 aliphatic rings. The van der Waals surface area contributed by atoms with Gasteiger partial charge in [-0.3, -0.25) is 18.6 Å². The van der Waals surface area contributed by atoms with Crippen LogP contribution >= 0.6 is 7.82 Å². The van der Waals surface area contributed by atoms with Crippen LogP contribution in [-0.4, -0.2) is 54.9 Å². The van der Waals surface area contributed by atoms with Crippen molar-refractivity contribution in [1.82, 2.24) is 4.90 Å². The van der Waals surface area contributed by atoms with Crippen molar-refractivity contribution in [2.75, 3.05) is 33.4 Å². The molecule has 1 atom stereocenters. The summed E-state index contributed by atoms with van der Waals surface area (Å²) in [6.45, 7) is 1.42. The van der Waals surface area contributed by atoms with Crippen LogP contribution in [0.25, 0.3) is 0 Å². The largest absolute Gasteiger partial charge is 0.492 e. The van der Waals surface area contributed by atoms with Crippen LogP contribution in [0, 0.1) is 0 Å². The molecule has 0 saturated carbocycles. The zero-order chi connectivity index (χ0) is 18.3. The van der Waals surface area contributed by atoms with E-state index in [1.54, 1.807) is 29.2 Å². The number of phosphoric acid groups is 1. The van der Waals surface area contributed by atoms with E-state index in [-0.39, 0.29) is 24.7 Å². The minimum Gasteiger partial charge on any atom is -0.492 e. The van der Waals surface area contributed by atoms with E-state index >= 15 is 0 Å². The van der Waals surface area contributed by atoms with Gasteiger partial charge in [0.15, 0.2) is 5.78 Å². The summed E-state index contributed by atoms with van der Waals surface area (Å²) in [6.07, 6.45) is 1.42. The molecule has 0 spiro atoms. The van der Waals surface area contributed by atoms with Crippen molar-refractivity contribution in [3.63, 3.8) is 0 Å². The molecule has 1 heterocycles. The summed E-state index contributed by atoms with van der Waals surface area (Å²) in [6, 6.07) is 6.65. The Kier molecular flexibility index (Phi) is 7.13. The lowest BCUT2D eigenvalue weighted by atomic mass is 10.1. The van der Waals surface area contributed by atoms with E-state index in [0.717, 1.165) is 20.1 Å². The van der Waals surface area contributed by atoms with Crippen molar-refractivity contribution in [1.29, 1.82) is 0 Å². The number of likely N-dealkylation sites (tertiary alicyclic amines) is 1. The number of nitrogens with zero attached hydrogens (tertiary/aromatic N) is 1. The van der Waals surface area contributed by atoms with Crippen LogP contribution in [0.15, 0.2) is 24.3 Å². The van der Waals surface area contributed by atoms with Gasteiger partial charge in [-0.15, -0.1) is 0 Å². The molecule has 1 unspecified atom stereocenters. The minimum absolute atomic E-state index is 0.0559. The lowest BCUT2D eigenvalue weighted by molar-refractivity contribution is -0.128. The molecule has 1 saturated heterocycles. The predicted octanol–water partition coefficient (Wildman–Crippen LogP) is 2.02. The maximum Gasteiger partial charge on any atom is 0.471 e. The summed E-state index contributed by atoms with van der Waals surface area (Å²) >= 11 is 0. The van der Waals surface area contributed by atoms with Gasteiger partial charge in [0.05, 0.1) is 13.2 Å². The fourth-order valence-electron chi connectivity index (χ4n) is 2.42. The Morgan fingerprint density at radius 2 is 2.16 bits per heavy atom. The number of hydrogen-bond donors (Lipinski definition) is 1. The van der Waals surface area contributed by atoms with Crippen molar-refractivity contribution in [2.45, 2.75) is 19.3 Å². The molecule has 1 aromatic rings. The topological polar surface area (TPSA) is 102 Å². The molecule has 1 amide bonds. The first-order valence-corrected chi connectivity index (χ1v) is 9.48. The molecular weight excluding hydrogens is 349 g/mol. The summed E-state index contributed by atoms with van der Waals surface area (Å²) in [4.78, 5) is 34.5. The Hall–Kier alpha value is -1.73. The van der Waals surface area contributed by atoms with Crippen LogP contribution in [0.2, 0.25) is 0 Å². The molecule has 0 aromatic heterocycles. The van der Waals surface area contributed by atoms with Gasteiger partial charge in [0.1, 0.15) is 12.4 Å². The molecule has 0 radical (unpaired) electrons. The summed E-state index contributed by atoms with van der Waals surface area (Å²) in [5.41, 5.74) is 0.420. The molecule has 1 aliphatic heterocycles. The first-order chi connectivity index (χ1) is 11.9. The molecule has 0 aliphatic carbocycles. The fourth-order valence-corrected chi connectivity index (χ4v) is 2.85. The Balaban J connectivity index is 1.80. The van der Waals surface area contributed by atoms with E-state index in [4.69, 9.17) is 9.63 Å². The number of carbonyl (C=O) groups is 2. The average molecular weight is 371 g/mol. The third-order valence-electron chi connectivity index (χ3n) is 3.77. The summed E-state index contributed by atoms with van der Waals surface area (Å²) in [5.74, 6) is 0.434. The monoisotopic (exact) mass is 371 g/mol. The summed E-state index contributed by atoms with van der Waals surface area (Å²) in [5, 5.41) is 0. The number of phosphoric ester groups is 1. The maximum absolute atomic E-state index is 12.1. The highest BCUT2D eigenvalue weighted by atomic mass is 31.2. The van der Waals surface area contributed by atoms with Crippen molar-refractivity contribution in [2.24, 2.45) is 0 Å². The van der Waals surface area contributed by atoms with Crippen molar-refractivity contribution in [3.8, 4) is 5.75 Å². The number of hydrogen-bond acceptors (Lipinski definition) is 6. The fraction of sp³-hybridized carbons (Fsp3) is 0.500. The zero-order valence-electron chi connectivity index (χ0n) is 14.1. The van der Waals surface area contributed by atoms with Crippen molar-refractivity contribution >= 4 is 19.5 Å². The molecule has 1 aromatic carbocycles. The minimum atomic E-state index is -4.07. The van der Waals surface area contributed by atoms with E-state index in [1.807, 2.05) is 0 Å². The third-order valence-corrected chi connectivity index (χ3v) is 4.74. The van der Waals surface area contributed by atoms with E-state index in [2.05, 4.69) is 9.05 Å². The van der Waals surface area contributed by atoms with Gasteiger partial charge in [-0.1, -0.05) is 12.1 Å². The highest BCUT2D eigenvalue weighted by molar-refractivity contribution is 7.47. The lowest BCUT2D eigenvalue weighted by Crippen LogP contribution is -2.29. The molecule has 9 heteroatoms. The van der Waals surface area contributed by atoms with Crippen LogP contribution < -0.4 is 4.74 Å². The molecule has 1 N–H and O–H groups in total. The number of carbonyl (C=O) groups excluding carboxylic acids is 2. The number of ether oxygens (including phenoxy) is 1. The molecule has 1 fully saturated rings. The van der Waals surface area contributed by atoms with Gasteiger partial charge in [-0.05, 0) is 18.6 Å². The van der Waals surface area contributed by atoms with E-state index in [9.17, 15) is 14.2 Å². The second-order valence-electron chi connectivity index (χ2n) is 5.52. The van der Waals surface area contributed by atoms with Gasteiger partial charge in [0.25, 0.3) is 0 Å². The SMILES string of the molecule is COP(=O)(O)OCCC(=O)c1cccc(OCCN2CCCC2=O)c1. The molecular formula is C16H22NO7P. The van der Waals surface area contributed by atoms with Gasteiger partial charge >= 0.3 is 7.82 Å². The quantitative estimate of drug-likeness (QED) is 0.496. The van der Waals surface area contributed by atoms with Crippen molar-refractivity contribution < 1.29 is 32.8 Å².